The summed E-state index contributed by atoms with van der Waals surface area (Å²) in [6.45, 7) is 20.2. The van der Waals surface area contributed by atoms with E-state index >= 15 is 0 Å². The Hall–Kier alpha value is -1.74. The van der Waals surface area contributed by atoms with Gasteiger partial charge in [-0.25, -0.2) is 4.68 Å². The van der Waals surface area contributed by atoms with Gasteiger partial charge >= 0.3 is 0 Å². The standard InChI is InChI=1S/C26H46N8/c1-19-15-31(16-20(2)27-19)13-7-9-25-29-30-26(34(25)33-23(5)11-12-24(33)6)10-8-14-32-17-21(3)28-22(4)18-32/h11-12,19-22,27-28H,7-10,13-18H2,1-6H3/t19-,20-,21-,22+/m1/s1. The highest BCUT2D eigenvalue weighted by Gasteiger charge is 2.23. The van der Waals surface area contributed by atoms with Gasteiger partial charge in [-0.05, 0) is 79.6 Å². The molecule has 8 nitrogen and oxygen atoms in total. The van der Waals surface area contributed by atoms with Gasteiger partial charge in [0.15, 0.2) is 11.6 Å². The summed E-state index contributed by atoms with van der Waals surface area (Å²) >= 11 is 0. The van der Waals surface area contributed by atoms with E-state index in [2.05, 4.69) is 83.5 Å². The molecular formula is C26H46N8. The fourth-order valence-corrected chi connectivity index (χ4v) is 6.04. The van der Waals surface area contributed by atoms with Crippen LogP contribution >= 0.6 is 0 Å². The number of rotatable bonds is 9. The van der Waals surface area contributed by atoms with Gasteiger partial charge in [0.25, 0.3) is 0 Å². The predicted octanol–water partition coefficient (Wildman–Crippen LogP) is 2.24. The van der Waals surface area contributed by atoms with Crippen LogP contribution in [0.4, 0.5) is 0 Å². The number of hydrogen-bond acceptors (Lipinski definition) is 6. The zero-order valence-corrected chi connectivity index (χ0v) is 22.2. The van der Waals surface area contributed by atoms with E-state index < -0.39 is 0 Å². The largest absolute Gasteiger partial charge is 0.309 e. The fourth-order valence-electron chi connectivity index (χ4n) is 6.04. The van der Waals surface area contributed by atoms with E-state index in [1.165, 1.54) is 11.4 Å². The third kappa shape index (κ3) is 6.27. The Morgan fingerprint density at radius 3 is 1.44 bits per heavy atom. The van der Waals surface area contributed by atoms with E-state index in [9.17, 15) is 0 Å². The van der Waals surface area contributed by atoms with Crippen molar-refractivity contribution < 1.29 is 0 Å². The molecular weight excluding hydrogens is 424 g/mol. The van der Waals surface area contributed by atoms with E-state index in [1.54, 1.807) is 0 Å². The third-order valence-corrected chi connectivity index (χ3v) is 7.22. The van der Waals surface area contributed by atoms with Crippen LogP contribution in [0.2, 0.25) is 0 Å². The van der Waals surface area contributed by atoms with Crippen molar-refractivity contribution in [2.24, 2.45) is 0 Å². The van der Waals surface area contributed by atoms with E-state index in [0.29, 0.717) is 24.2 Å². The smallest absolute Gasteiger partial charge is 0.153 e. The summed E-state index contributed by atoms with van der Waals surface area (Å²) in [4.78, 5) is 5.18. The second-order valence-electron chi connectivity index (χ2n) is 10.9. The minimum Gasteiger partial charge on any atom is -0.309 e. The Bertz CT molecular complexity index is 829. The van der Waals surface area contributed by atoms with Crippen LogP contribution in [0.25, 0.3) is 0 Å². The first-order valence-electron chi connectivity index (χ1n) is 13.4. The Balaban J connectivity index is 1.41. The average molecular weight is 471 g/mol. The van der Waals surface area contributed by atoms with Crippen molar-refractivity contribution in [3.8, 4) is 0 Å². The number of aryl methyl sites for hydroxylation is 4. The van der Waals surface area contributed by atoms with Gasteiger partial charge in [0.1, 0.15) is 0 Å². The summed E-state index contributed by atoms with van der Waals surface area (Å²) in [5, 5.41) is 16.6. The van der Waals surface area contributed by atoms with Gasteiger partial charge in [-0.15, -0.1) is 10.2 Å². The minimum atomic E-state index is 0.561. The lowest BCUT2D eigenvalue weighted by Gasteiger charge is -2.36. The summed E-state index contributed by atoms with van der Waals surface area (Å²) in [7, 11) is 0. The maximum Gasteiger partial charge on any atom is 0.153 e. The van der Waals surface area contributed by atoms with Gasteiger partial charge in [-0.3, -0.25) is 4.68 Å². The van der Waals surface area contributed by atoms with E-state index in [0.717, 1.165) is 76.6 Å². The summed E-state index contributed by atoms with van der Waals surface area (Å²) < 4.78 is 4.60. The number of nitrogens with zero attached hydrogens (tertiary/aromatic N) is 6. The number of piperazine rings is 2. The molecule has 4 atom stereocenters. The molecule has 2 aromatic heterocycles. The molecule has 0 amide bonds. The molecule has 2 fully saturated rings. The van der Waals surface area contributed by atoms with Crippen LogP contribution in [0.5, 0.6) is 0 Å². The molecule has 4 rings (SSSR count). The highest BCUT2D eigenvalue weighted by Crippen LogP contribution is 2.16. The van der Waals surface area contributed by atoms with Gasteiger partial charge in [-0.1, -0.05) is 0 Å². The van der Waals surface area contributed by atoms with Gasteiger partial charge in [0.2, 0.25) is 0 Å². The van der Waals surface area contributed by atoms with Gasteiger partial charge < -0.3 is 20.4 Å². The topological polar surface area (TPSA) is 66.2 Å². The molecule has 0 aromatic carbocycles. The van der Waals surface area contributed by atoms with Crippen LogP contribution in [-0.2, 0) is 12.8 Å². The van der Waals surface area contributed by atoms with Crippen molar-refractivity contribution in [1.82, 2.24) is 40.0 Å². The number of hydrogen-bond donors (Lipinski definition) is 2. The molecule has 2 aliphatic heterocycles. The maximum absolute atomic E-state index is 4.69. The molecule has 4 heterocycles. The molecule has 0 radical (unpaired) electrons. The fraction of sp³-hybridized carbons (Fsp3) is 0.769. The minimum absolute atomic E-state index is 0.561. The predicted molar refractivity (Wildman–Crippen MR) is 138 cm³/mol. The van der Waals surface area contributed by atoms with Crippen molar-refractivity contribution in [2.75, 3.05) is 39.3 Å². The molecule has 8 heteroatoms. The first-order chi connectivity index (χ1) is 16.3. The summed E-state index contributed by atoms with van der Waals surface area (Å²) in [5.41, 5.74) is 2.46. The quantitative estimate of drug-likeness (QED) is 0.586. The van der Waals surface area contributed by atoms with Crippen molar-refractivity contribution >= 4 is 0 Å². The molecule has 2 saturated heterocycles. The second-order valence-corrected chi connectivity index (χ2v) is 10.9. The lowest BCUT2D eigenvalue weighted by atomic mass is 10.1. The number of nitrogens with one attached hydrogen (secondary N) is 2. The molecule has 0 saturated carbocycles. The van der Waals surface area contributed by atoms with E-state index in [4.69, 9.17) is 10.2 Å². The summed E-state index contributed by atoms with van der Waals surface area (Å²) in [5.74, 6) is 2.16. The second kappa shape index (κ2) is 11.3. The lowest BCUT2D eigenvalue weighted by Crippen LogP contribution is -2.54. The average Bonchev–Trinajstić information content (AvgIpc) is 3.28. The van der Waals surface area contributed by atoms with Gasteiger partial charge in [-0.2, -0.15) is 0 Å². The van der Waals surface area contributed by atoms with Crippen molar-refractivity contribution in [3.05, 3.63) is 35.2 Å². The van der Waals surface area contributed by atoms with Crippen LogP contribution in [0.3, 0.4) is 0 Å². The molecule has 0 spiro atoms. The summed E-state index contributed by atoms with van der Waals surface area (Å²) in [6.07, 6.45) is 4.11. The normalized spacial score (nSPS) is 26.9. The van der Waals surface area contributed by atoms with Crippen molar-refractivity contribution in [2.45, 2.75) is 91.4 Å². The van der Waals surface area contributed by atoms with Crippen LogP contribution in [0.1, 0.15) is 63.6 Å². The first-order valence-corrected chi connectivity index (χ1v) is 13.4. The van der Waals surface area contributed by atoms with Crippen LogP contribution < -0.4 is 10.6 Å². The maximum atomic E-state index is 4.69. The van der Waals surface area contributed by atoms with E-state index in [-0.39, 0.29) is 0 Å². The Labute approximate surface area is 206 Å². The highest BCUT2D eigenvalue weighted by molar-refractivity contribution is 5.16. The van der Waals surface area contributed by atoms with Crippen LogP contribution in [-0.4, -0.2) is 92.8 Å². The highest BCUT2D eigenvalue weighted by atomic mass is 15.5. The zero-order valence-electron chi connectivity index (χ0n) is 22.2. The van der Waals surface area contributed by atoms with Gasteiger partial charge in [0.05, 0.1) is 0 Å². The Kier molecular flexibility index (Phi) is 8.45. The molecule has 190 valence electrons. The Morgan fingerprint density at radius 2 is 1.06 bits per heavy atom. The molecule has 34 heavy (non-hydrogen) atoms. The number of aromatic nitrogens is 4. The van der Waals surface area contributed by atoms with Crippen molar-refractivity contribution in [3.63, 3.8) is 0 Å². The monoisotopic (exact) mass is 470 g/mol. The van der Waals surface area contributed by atoms with Crippen LogP contribution in [0.15, 0.2) is 12.1 Å². The third-order valence-electron chi connectivity index (χ3n) is 7.22. The SMILES string of the molecule is Cc1ccc(C)n1-n1c(CCCN2C[C@@H](C)N[C@H](C)C2)nnc1CCCN1C[C@@H](C)N[C@@H](C)C1. The van der Waals surface area contributed by atoms with E-state index in [1.807, 2.05) is 0 Å². The molecule has 0 aliphatic carbocycles. The van der Waals surface area contributed by atoms with Crippen LogP contribution in [0, 0.1) is 13.8 Å². The first kappa shape index (κ1) is 25.4. The molecule has 0 unspecified atom stereocenters. The lowest BCUT2D eigenvalue weighted by molar-refractivity contribution is 0.171. The van der Waals surface area contributed by atoms with Crippen molar-refractivity contribution in [1.29, 1.82) is 0 Å². The van der Waals surface area contributed by atoms with Gasteiger partial charge in [0, 0.05) is 74.6 Å². The molecule has 2 aromatic rings. The summed E-state index contributed by atoms with van der Waals surface area (Å²) in [6, 6.07) is 6.62. The molecule has 2 N–H and O–H groups in total. The Morgan fingerprint density at radius 1 is 0.676 bits per heavy atom. The molecule has 0 bridgehead atoms. The molecule has 2 aliphatic rings. The zero-order chi connectivity index (χ0) is 24.2.